The van der Waals surface area contributed by atoms with E-state index in [1.807, 2.05) is 13.8 Å². The minimum Gasteiger partial charge on any atom is -0.394 e. The van der Waals surface area contributed by atoms with E-state index in [9.17, 15) is 13.5 Å². The SMILES string of the molecule is CCC(CC)(CO)NS(=O)(=O)c1ccc(Br)s1. The number of rotatable bonds is 6. The van der Waals surface area contributed by atoms with Gasteiger partial charge in [-0.3, -0.25) is 0 Å². The zero-order valence-electron chi connectivity index (χ0n) is 9.73. The average Bonchev–Trinajstić information content (AvgIpc) is 2.74. The predicted octanol–water partition coefficient (Wildman–Crippen LogP) is 2.34. The third-order valence-electron chi connectivity index (χ3n) is 2.82. The molecule has 1 rings (SSSR count). The van der Waals surface area contributed by atoms with E-state index in [4.69, 9.17) is 0 Å². The molecule has 1 heterocycles. The molecule has 0 atom stereocenters. The summed E-state index contributed by atoms with van der Waals surface area (Å²) in [5.74, 6) is 0. The van der Waals surface area contributed by atoms with E-state index in [1.165, 1.54) is 0 Å². The van der Waals surface area contributed by atoms with E-state index in [0.29, 0.717) is 12.8 Å². The summed E-state index contributed by atoms with van der Waals surface area (Å²) in [5.41, 5.74) is -0.769. The van der Waals surface area contributed by atoms with Gasteiger partial charge in [-0.15, -0.1) is 11.3 Å². The summed E-state index contributed by atoms with van der Waals surface area (Å²) >= 11 is 4.38. The molecule has 0 amide bonds. The van der Waals surface area contributed by atoms with Gasteiger partial charge in [0.25, 0.3) is 10.0 Å². The topological polar surface area (TPSA) is 66.4 Å². The average molecular weight is 342 g/mol. The molecule has 0 saturated heterocycles. The first-order valence-electron chi connectivity index (χ1n) is 5.29. The van der Waals surface area contributed by atoms with Crippen molar-refractivity contribution < 1.29 is 13.5 Å². The van der Waals surface area contributed by atoms with Crippen LogP contribution in [0.5, 0.6) is 0 Å². The minimum absolute atomic E-state index is 0.203. The smallest absolute Gasteiger partial charge is 0.250 e. The highest BCUT2D eigenvalue weighted by Gasteiger charge is 2.32. The molecule has 1 aromatic rings. The Labute approximate surface area is 114 Å². The quantitative estimate of drug-likeness (QED) is 0.834. The lowest BCUT2D eigenvalue weighted by Gasteiger charge is -2.29. The Balaban J connectivity index is 3.00. The van der Waals surface area contributed by atoms with Crippen LogP contribution in [0.2, 0.25) is 0 Å². The first-order valence-corrected chi connectivity index (χ1v) is 8.38. The number of aliphatic hydroxyl groups excluding tert-OH is 1. The van der Waals surface area contributed by atoms with Crippen molar-refractivity contribution in [3.8, 4) is 0 Å². The molecule has 0 radical (unpaired) electrons. The highest BCUT2D eigenvalue weighted by Crippen LogP contribution is 2.27. The third-order valence-corrected chi connectivity index (χ3v) is 6.51. The Bertz CT molecular complexity index is 457. The lowest BCUT2D eigenvalue weighted by Crippen LogP contribution is -2.50. The number of hydrogen-bond donors (Lipinski definition) is 2. The van der Waals surface area contributed by atoms with Gasteiger partial charge in [0.15, 0.2) is 0 Å². The number of thiophene rings is 1. The minimum atomic E-state index is -3.55. The van der Waals surface area contributed by atoms with Gasteiger partial charge in [-0.25, -0.2) is 13.1 Å². The Hall–Kier alpha value is 0.0500. The van der Waals surface area contributed by atoms with Crippen molar-refractivity contribution in [2.45, 2.75) is 36.4 Å². The van der Waals surface area contributed by atoms with Gasteiger partial charge >= 0.3 is 0 Å². The molecular formula is C10H16BrNO3S2. The van der Waals surface area contributed by atoms with Crippen molar-refractivity contribution in [1.82, 2.24) is 4.72 Å². The monoisotopic (exact) mass is 341 g/mol. The maximum atomic E-state index is 12.1. The van der Waals surface area contributed by atoms with E-state index in [0.717, 1.165) is 15.1 Å². The second kappa shape index (κ2) is 5.79. The summed E-state index contributed by atoms with van der Waals surface area (Å²) in [6.45, 7) is 3.50. The molecule has 0 aliphatic rings. The zero-order chi connectivity index (χ0) is 13.1. The Morgan fingerprint density at radius 1 is 1.41 bits per heavy atom. The van der Waals surface area contributed by atoms with Crippen LogP contribution in [0.3, 0.4) is 0 Å². The number of hydrogen-bond acceptors (Lipinski definition) is 4. The van der Waals surface area contributed by atoms with Crippen LogP contribution >= 0.6 is 27.3 Å². The summed E-state index contributed by atoms with van der Waals surface area (Å²) in [5, 5.41) is 9.36. The molecule has 2 N–H and O–H groups in total. The molecule has 0 saturated carbocycles. The van der Waals surface area contributed by atoms with E-state index < -0.39 is 15.6 Å². The molecular weight excluding hydrogens is 326 g/mol. The maximum absolute atomic E-state index is 12.1. The van der Waals surface area contributed by atoms with Gasteiger partial charge < -0.3 is 5.11 Å². The predicted molar refractivity (Wildman–Crippen MR) is 72.7 cm³/mol. The molecule has 1 aromatic heterocycles. The zero-order valence-corrected chi connectivity index (χ0v) is 13.0. The highest BCUT2D eigenvalue weighted by atomic mass is 79.9. The van der Waals surface area contributed by atoms with Gasteiger partial charge in [-0.05, 0) is 40.9 Å². The van der Waals surface area contributed by atoms with Crippen molar-refractivity contribution in [1.29, 1.82) is 0 Å². The lowest BCUT2D eigenvalue weighted by atomic mass is 9.96. The van der Waals surface area contributed by atoms with Crippen LogP contribution in [-0.2, 0) is 10.0 Å². The lowest BCUT2D eigenvalue weighted by molar-refractivity contribution is 0.172. The second-order valence-electron chi connectivity index (χ2n) is 3.81. The van der Waals surface area contributed by atoms with Crippen molar-refractivity contribution >= 4 is 37.3 Å². The van der Waals surface area contributed by atoms with E-state index in [1.54, 1.807) is 12.1 Å². The van der Waals surface area contributed by atoms with Crippen LogP contribution in [0.15, 0.2) is 20.1 Å². The summed E-state index contributed by atoms with van der Waals surface area (Å²) in [6.07, 6.45) is 1.09. The molecule has 0 aliphatic carbocycles. The summed E-state index contributed by atoms with van der Waals surface area (Å²) < 4.78 is 27.8. The standard InChI is InChI=1S/C10H16BrNO3S2/c1-3-10(4-2,7-13)12-17(14,15)9-6-5-8(11)16-9/h5-6,12-13H,3-4,7H2,1-2H3. The van der Waals surface area contributed by atoms with Crippen molar-refractivity contribution in [2.75, 3.05) is 6.61 Å². The number of nitrogens with one attached hydrogen (secondary N) is 1. The van der Waals surface area contributed by atoms with Gasteiger partial charge in [0, 0.05) is 0 Å². The Morgan fingerprint density at radius 3 is 2.35 bits per heavy atom. The van der Waals surface area contributed by atoms with Crippen LogP contribution in [0.1, 0.15) is 26.7 Å². The summed E-state index contributed by atoms with van der Waals surface area (Å²) in [7, 11) is -3.55. The number of halogens is 1. The molecule has 0 spiro atoms. The normalized spacial score (nSPS) is 12.9. The van der Waals surface area contributed by atoms with E-state index >= 15 is 0 Å². The second-order valence-corrected chi connectivity index (χ2v) is 8.18. The number of aliphatic hydroxyl groups is 1. The Morgan fingerprint density at radius 2 is 2.00 bits per heavy atom. The van der Waals surface area contributed by atoms with Gasteiger partial charge in [-0.1, -0.05) is 13.8 Å². The van der Waals surface area contributed by atoms with Crippen LogP contribution in [0.4, 0.5) is 0 Å². The summed E-state index contributed by atoms with van der Waals surface area (Å²) in [4.78, 5) is 0. The molecule has 0 aromatic carbocycles. The van der Waals surface area contributed by atoms with Gasteiger partial charge in [0.05, 0.1) is 15.9 Å². The fourth-order valence-electron chi connectivity index (χ4n) is 1.43. The van der Waals surface area contributed by atoms with Crippen LogP contribution in [0, 0.1) is 0 Å². The molecule has 17 heavy (non-hydrogen) atoms. The first-order chi connectivity index (χ1) is 7.89. The molecule has 0 bridgehead atoms. The van der Waals surface area contributed by atoms with Crippen LogP contribution in [-0.4, -0.2) is 25.7 Å². The van der Waals surface area contributed by atoms with Crippen molar-refractivity contribution in [3.63, 3.8) is 0 Å². The van der Waals surface area contributed by atoms with Gasteiger partial charge in [0.1, 0.15) is 4.21 Å². The fraction of sp³-hybridized carbons (Fsp3) is 0.600. The largest absolute Gasteiger partial charge is 0.394 e. The Kier molecular flexibility index (Phi) is 5.15. The molecule has 7 heteroatoms. The van der Waals surface area contributed by atoms with Gasteiger partial charge in [-0.2, -0.15) is 0 Å². The highest BCUT2D eigenvalue weighted by molar-refractivity contribution is 9.11. The van der Waals surface area contributed by atoms with Crippen molar-refractivity contribution in [3.05, 3.63) is 15.9 Å². The molecule has 0 aliphatic heterocycles. The fourth-order valence-corrected chi connectivity index (χ4v) is 4.97. The van der Waals surface area contributed by atoms with Gasteiger partial charge in [0.2, 0.25) is 0 Å². The maximum Gasteiger partial charge on any atom is 0.250 e. The summed E-state index contributed by atoms with van der Waals surface area (Å²) in [6, 6.07) is 3.24. The first kappa shape index (κ1) is 15.1. The number of sulfonamides is 1. The van der Waals surface area contributed by atoms with E-state index in [-0.39, 0.29) is 10.8 Å². The third kappa shape index (κ3) is 3.51. The van der Waals surface area contributed by atoms with Crippen LogP contribution in [0.25, 0.3) is 0 Å². The van der Waals surface area contributed by atoms with Crippen LogP contribution < -0.4 is 4.72 Å². The molecule has 0 unspecified atom stereocenters. The molecule has 98 valence electrons. The molecule has 4 nitrogen and oxygen atoms in total. The van der Waals surface area contributed by atoms with E-state index in [2.05, 4.69) is 20.7 Å². The van der Waals surface area contributed by atoms with Crippen molar-refractivity contribution in [2.24, 2.45) is 0 Å². The molecule has 0 fully saturated rings.